The molecule has 0 radical (unpaired) electrons. The molecule has 0 saturated carbocycles. The molecule has 0 aromatic heterocycles. The summed E-state index contributed by atoms with van der Waals surface area (Å²) in [5.74, 6) is -0.0940. The van der Waals surface area contributed by atoms with Crippen LogP contribution in [-0.2, 0) is 17.6 Å². The molecule has 4 nitrogen and oxygen atoms in total. The summed E-state index contributed by atoms with van der Waals surface area (Å²) in [5.41, 5.74) is 9.85. The van der Waals surface area contributed by atoms with Gasteiger partial charge in [-0.2, -0.15) is 0 Å². The highest BCUT2D eigenvalue weighted by molar-refractivity contribution is 7.80. The number of hydrogen-bond donors (Lipinski definition) is 3. The zero-order chi connectivity index (χ0) is 17.4. The predicted molar refractivity (Wildman–Crippen MR) is 103 cm³/mol. The van der Waals surface area contributed by atoms with Crippen molar-refractivity contribution in [2.24, 2.45) is 0 Å². The molecule has 0 atom stereocenters. The first-order valence-electron chi connectivity index (χ1n) is 8.08. The summed E-state index contributed by atoms with van der Waals surface area (Å²) in [6.07, 6.45) is 2.02. The molecule has 0 spiro atoms. The highest BCUT2D eigenvalue weighted by atomic mass is 32.1. The van der Waals surface area contributed by atoms with E-state index in [0.29, 0.717) is 18.0 Å². The Morgan fingerprint density at radius 1 is 1.04 bits per heavy atom. The van der Waals surface area contributed by atoms with E-state index >= 15 is 0 Å². The van der Waals surface area contributed by atoms with Crippen LogP contribution in [0.15, 0.2) is 48.5 Å². The minimum absolute atomic E-state index is 0.0940. The zero-order valence-electron chi connectivity index (χ0n) is 14.1. The number of hydrogen-bond acceptors (Lipinski definition) is 2. The smallest absolute Gasteiger partial charge is 0.238 e. The molecule has 0 aliphatic rings. The number of para-hydroxylation sites is 1. The molecule has 0 fully saturated rings. The van der Waals surface area contributed by atoms with E-state index in [1.807, 2.05) is 49.4 Å². The molecule has 0 saturated heterocycles. The molecule has 1 amide bonds. The molecule has 126 valence electrons. The van der Waals surface area contributed by atoms with Gasteiger partial charge in [0.2, 0.25) is 5.91 Å². The second-order valence-corrected chi connectivity index (χ2v) is 5.98. The summed E-state index contributed by atoms with van der Waals surface area (Å²) in [6, 6.07) is 16.1. The monoisotopic (exact) mass is 341 g/mol. The minimum Gasteiger partial charge on any atom is -0.331 e. The molecule has 0 aliphatic heterocycles. The fourth-order valence-corrected chi connectivity index (χ4v) is 2.59. The lowest BCUT2D eigenvalue weighted by atomic mass is 10.1. The summed E-state index contributed by atoms with van der Waals surface area (Å²) < 4.78 is 0. The average molecular weight is 341 g/mol. The number of rotatable bonds is 5. The van der Waals surface area contributed by atoms with Gasteiger partial charge in [-0.3, -0.25) is 15.6 Å². The van der Waals surface area contributed by atoms with Crippen molar-refractivity contribution in [3.8, 4) is 0 Å². The van der Waals surface area contributed by atoms with Crippen LogP contribution >= 0.6 is 12.2 Å². The lowest BCUT2D eigenvalue weighted by Crippen LogP contribution is -2.44. The van der Waals surface area contributed by atoms with Gasteiger partial charge >= 0.3 is 0 Å². The Hall–Kier alpha value is -2.40. The van der Waals surface area contributed by atoms with E-state index in [1.54, 1.807) is 0 Å². The number of benzene rings is 2. The molecule has 0 aliphatic carbocycles. The highest BCUT2D eigenvalue weighted by Gasteiger charge is 2.07. The van der Waals surface area contributed by atoms with Crippen molar-refractivity contribution in [2.45, 2.75) is 33.1 Å². The topological polar surface area (TPSA) is 53.2 Å². The molecule has 5 heteroatoms. The van der Waals surface area contributed by atoms with Gasteiger partial charge in [0, 0.05) is 12.1 Å². The molecular weight excluding hydrogens is 318 g/mol. The third-order valence-corrected chi connectivity index (χ3v) is 3.98. The van der Waals surface area contributed by atoms with E-state index in [9.17, 15) is 4.79 Å². The van der Waals surface area contributed by atoms with Crippen LogP contribution in [0.3, 0.4) is 0 Å². The lowest BCUT2D eigenvalue weighted by Gasteiger charge is -2.16. The van der Waals surface area contributed by atoms with Gasteiger partial charge in [0.05, 0.1) is 0 Å². The van der Waals surface area contributed by atoms with Gasteiger partial charge in [-0.1, -0.05) is 55.5 Å². The van der Waals surface area contributed by atoms with Crippen LogP contribution < -0.4 is 16.2 Å². The van der Waals surface area contributed by atoms with Crippen LogP contribution in [0.5, 0.6) is 0 Å². The third kappa shape index (κ3) is 5.35. The quantitative estimate of drug-likeness (QED) is 0.575. The Morgan fingerprint density at radius 3 is 2.50 bits per heavy atom. The van der Waals surface area contributed by atoms with Gasteiger partial charge < -0.3 is 5.32 Å². The van der Waals surface area contributed by atoms with E-state index in [1.165, 1.54) is 5.56 Å². The van der Waals surface area contributed by atoms with Crippen molar-refractivity contribution in [3.05, 3.63) is 65.2 Å². The maximum atomic E-state index is 11.9. The minimum atomic E-state index is -0.0940. The first-order valence-corrected chi connectivity index (χ1v) is 8.49. The van der Waals surface area contributed by atoms with E-state index in [0.717, 1.165) is 23.2 Å². The molecule has 0 heterocycles. The molecule has 2 aromatic rings. The summed E-state index contributed by atoms with van der Waals surface area (Å²) in [5, 5.41) is 3.55. The van der Waals surface area contributed by atoms with Crippen molar-refractivity contribution in [1.82, 2.24) is 10.9 Å². The Morgan fingerprint density at radius 2 is 1.79 bits per heavy atom. The highest BCUT2D eigenvalue weighted by Crippen LogP contribution is 2.20. The first kappa shape index (κ1) is 17.9. The molecule has 2 aromatic carbocycles. The Labute approximate surface area is 148 Å². The number of aryl methyl sites for hydroxylation is 3. The third-order valence-electron chi connectivity index (χ3n) is 3.78. The normalized spacial score (nSPS) is 10.1. The Kier molecular flexibility index (Phi) is 6.75. The predicted octanol–water partition coefficient (Wildman–Crippen LogP) is 3.51. The van der Waals surface area contributed by atoms with Crippen LogP contribution in [0.25, 0.3) is 0 Å². The van der Waals surface area contributed by atoms with Crippen LogP contribution in [-0.4, -0.2) is 11.0 Å². The van der Waals surface area contributed by atoms with Gasteiger partial charge in [0.15, 0.2) is 5.11 Å². The van der Waals surface area contributed by atoms with E-state index < -0.39 is 0 Å². The van der Waals surface area contributed by atoms with Gasteiger partial charge in [-0.15, -0.1) is 0 Å². The number of thiocarbonyl (C=S) groups is 1. The van der Waals surface area contributed by atoms with Crippen molar-refractivity contribution in [2.75, 3.05) is 5.32 Å². The van der Waals surface area contributed by atoms with Crippen molar-refractivity contribution in [3.63, 3.8) is 0 Å². The second kappa shape index (κ2) is 9.03. The standard InChI is InChI=1S/C19H23N3OS/c1-3-16-11-7-8-14(2)18(16)20-19(24)22-21-17(23)13-12-15-9-5-4-6-10-15/h4-11H,3,12-13H2,1-2H3,(H,21,23)(H2,20,22,24). The van der Waals surface area contributed by atoms with Gasteiger partial charge in [0.1, 0.15) is 0 Å². The second-order valence-electron chi connectivity index (χ2n) is 5.58. The van der Waals surface area contributed by atoms with E-state index in [2.05, 4.69) is 29.2 Å². The average Bonchev–Trinajstić information content (AvgIpc) is 2.60. The lowest BCUT2D eigenvalue weighted by molar-refractivity contribution is -0.121. The van der Waals surface area contributed by atoms with Crippen LogP contribution in [0.1, 0.15) is 30.0 Å². The summed E-state index contributed by atoms with van der Waals surface area (Å²) in [6.45, 7) is 4.13. The molecule has 24 heavy (non-hydrogen) atoms. The van der Waals surface area contributed by atoms with E-state index in [4.69, 9.17) is 12.2 Å². The Bertz CT molecular complexity index is 701. The number of nitrogens with one attached hydrogen (secondary N) is 3. The molecular formula is C19H23N3OS. The first-order chi connectivity index (χ1) is 11.6. The van der Waals surface area contributed by atoms with Crippen LogP contribution in [0.4, 0.5) is 5.69 Å². The van der Waals surface area contributed by atoms with Crippen LogP contribution in [0, 0.1) is 6.92 Å². The van der Waals surface area contributed by atoms with Gasteiger partial charge in [0.25, 0.3) is 0 Å². The van der Waals surface area contributed by atoms with Gasteiger partial charge in [-0.25, -0.2) is 0 Å². The largest absolute Gasteiger partial charge is 0.331 e. The summed E-state index contributed by atoms with van der Waals surface area (Å²) >= 11 is 5.26. The Balaban J connectivity index is 1.80. The number of amides is 1. The van der Waals surface area contributed by atoms with Crippen molar-refractivity contribution in [1.29, 1.82) is 0 Å². The van der Waals surface area contributed by atoms with E-state index in [-0.39, 0.29) is 5.91 Å². The molecule has 0 unspecified atom stereocenters. The number of carbonyl (C=O) groups excluding carboxylic acids is 1. The molecule has 0 bridgehead atoms. The molecule has 2 rings (SSSR count). The molecule has 3 N–H and O–H groups in total. The van der Waals surface area contributed by atoms with Gasteiger partial charge in [-0.05, 0) is 48.7 Å². The summed E-state index contributed by atoms with van der Waals surface area (Å²) in [7, 11) is 0. The van der Waals surface area contributed by atoms with Crippen molar-refractivity contribution >= 4 is 28.9 Å². The number of hydrazine groups is 1. The fourth-order valence-electron chi connectivity index (χ4n) is 2.44. The zero-order valence-corrected chi connectivity index (χ0v) is 14.9. The maximum absolute atomic E-state index is 11.9. The number of carbonyl (C=O) groups is 1. The maximum Gasteiger partial charge on any atom is 0.238 e. The SMILES string of the molecule is CCc1cccc(C)c1NC(=S)NNC(=O)CCc1ccccc1. The van der Waals surface area contributed by atoms with Crippen molar-refractivity contribution < 1.29 is 4.79 Å². The van der Waals surface area contributed by atoms with Crippen LogP contribution in [0.2, 0.25) is 0 Å². The fraction of sp³-hybridized carbons (Fsp3) is 0.263. The number of anilines is 1. The summed E-state index contributed by atoms with van der Waals surface area (Å²) in [4.78, 5) is 11.9.